The molecule has 2 atom stereocenters. The van der Waals surface area contributed by atoms with Crippen molar-refractivity contribution < 1.29 is 14.3 Å². The molecule has 3 nitrogen and oxygen atoms in total. The van der Waals surface area contributed by atoms with Crippen LogP contribution in [-0.2, 0) is 14.3 Å². The highest BCUT2D eigenvalue weighted by Gasteiger charge is 2.23. The SMILES string of the molecule is CCC(OC)C(=O)C(CC)OC. The van der Waals surface area contributed by atoms with Crippen LogP contribution in [0, 0.1) is 0 Å². The maximum atomic E-state index is 11.5. The Bertz CT molecular complexity index is 112. The van der Waals surface area contributed by atoms with E-state index in [1.807, 2.05) is 13.8 Å². The maximum absolute atomic E-state index is 11.5. The summed E-state index contributed by atoms with van der Waals surface area (Å²) in [6.07, 6.45) is 0.787. The number of hydrogen-bond acceptors (Lipinski definition) is 3. The summed E-state index contributed by atoms with van der Waals surface area (Å²) in [5.74, 6) is 0.0463. The van der Waals surface area contributed by atoms with Crippen molar-refractivity contribution >= 4 is 5.78 Å². The fourth-order valence-corrected chi connectivity index (χ4v) is 1.18. The van der Waals surface area contributed by atoms with Crippen molar-refractivity contribution in [3.05, 3.63) is 0 Å². The van der Waals surface area contributed by atoms with E-state index in [4.69, 9.17) is 9.47 Å². The van der Waals surface area contributed by atoms with Crippen LogP contribution in [0.3, 0.4) is 0 Å². The first-order valence-electron chi connectivity index (χ1n) is 4.30. The van der Waals surface area contributed by atoms with E-state index in [1.54, 1.807) is 14.2 Å². The Labute approximate surface area is 74.0 Å². The minimum atomic E-state index is -0.310. The molecule has 0 aliphatic rings. The average Bonchev–Trinajstić information content (AvgIpc) is 2.09. The molecule has 0 bridgehead atoms. The molecule has 0 saturated carbocycles. The lowest BCUT2D eigenvalue weighted by Gasteiger charge is -2.17. The fraction of sp³-hybridized carbons (Fsp3) is 0.889. The molecule has 3 heteroatoms. The largest absolute Gasteiger partial charge is 0.374 e. The number of Topliss-reactive ketones (excluding diaryl/α,β-unsaturated/α-hetero) is 1. The van der Waals surface area contributed by atoms with Gasteiger partial charge in [-0.2, -0.15) is 0 Å². The Kier molecular flexibility index (Phi) is 5.93. The highest BCUT2D eigenvalue weighted by Crippen LogP contribution is 2.06. The summed E-state index contributed by atoms with van der Waals surface area (Å²) in [4.78, 5) is 11.5. The van der Waals surface area contributed by atoms with Gasteiger partial charge in [-0.05, 0) is 12.8 Å². The van der Waals surface area contributed by atoms with Crippen molar-refractivity contribution in [2.24, 2.45) is 0 Å². The van der Waals surface area contributed by atoms with Gasteiger partial charge in [-0.3, -0.25) is 4.79 Å². The number of ketones is 1. The van der Waals surface area contributed by atoms with E-state index in [2.05, 4.69) is 0 Å². The van der Waals surface area contributed by atoms with Crippen molar-refractivity contribution in [3.63, 3.8) is 0 Å². The maximum Gasteiger partial charge on any atom is 0.190 e. The molecular formula is C9H18O3. The zero-order valence-corrected chi connectivity index (χ0v) is 8.29. The third-order valence-corrected chi connectivity index (χ3v) is 1.95. The smallest absolute Gasteiger partial charge is 0.190 e. The monoisotopic (exact) mass is 174 g/mol. The molecule has 0 amide bonds. The zero-order chi connectivity index (χ0) is 9.56. The first-order chi connectivity index (χ1) is 5.71. The second kappa shape index (κ2) is 6.14. The predicted molar refractivity (Wildman–Crippen MR) is 47.2 cm³/mol. The molecule has 0 aromatic heterocycles. The summed E-state index contributed by atoms with van der Waals surface area (Å²) in [5, 5.41) is 0. The number of carbonyl (C=O) groups excluding carboxylic acids is 1. The van der Waals surface area contributed by atoms with Gasteiger partial charge in [0.2, 0.25) is 0 Å². The molecule has 0 heterocycles. The van der Waals surface area contributed by atoms with Crippen LogP contribution in [0.2, 0.25) is 0 Å². The quantitative estimate of drug-likeness (QED) is 0.610. The van der Waals surface area contributed by atoms with Gasteiger partial charge in [0.25, 0.3) is 0 Å². The molecular weight excluding hydrogens is 156 g/mol. The summed E-state index contributed by atoms with van der Waals surface area (Å²) in [6, 6.07) is 0. The van der Waals surface area contributed by atoms with Crippen LogP contribution in [0.25, 0.3) is 0 Å². The Hall–Kier alpha value is -0.410. The van der Waals surface area contributed by atoms with Crippen LogP contribution < -0.4 is 0 Å². The summed E-state index contributed by atoms with van der Waals surface area (Å²) in [5.41, 5.74) is 0. The first kappa shape index (κ1) is 11.6. The summed E-state index contributed by atoms with van der Waals surface area (Å²) < 4.78 is 10.0. The number of methoxy groups -OCH3 is 2. The average molecular weight is 174 g/mol. The summed E-state index contributed by atoms with van der Waals surface area (Å²) in [6.45, 7) is 3.85. The van der Waals surface area contributed by atoms with E-state index in [0.29, 0.717) is 12.8 Å². The second-order valence-electron chi connectivity index (χ2n) is 2.67. The van der Waals surface area contributed by atoms with Gasteiger partial charge in [-0.25, -0.2) is 0 Å². The van der Waals surface area contributed by atoms with E-state index >= 15 is 0 Å². The molecule has 12 heavy (non-hydrogen) atoms. The first-order valence-corrected chi connectivity index (χ1v) is 4.30. The van der Waals surface area contributed by atoms with Gasteiger partial charge in [0.05, 0.1) is 0 Å². The Balaban J connectivity index is 4.12. The molecule has 72 valence electrons. The normalized spacial score (nSPS) is 15.7. The van der Waals surface area contributed by atoms with Gasteiger partial charge in [0, 0.05) is 14.2 Å². The van der Waals surface area contributed by atoms with Gasteiger partial charge < -0.3 is 9.47 Å². The lowest BCUT2D eigenvalue weighted by Crippen LogP contribution is -2.33. The van der Waals surface area contributed by atoms with Gasteiger partial charge in [-0.1, -0.05) is 13.8 Å². The third-order valence-electron chi connectivity index (χ3n) is 1.95. The molecule has 0 N–H and O–H groups in total. The molecule has 0 radical (unpaired) electrons. The van der Waals surface area contributed by atoms with Crippen molar-refractivity contribution in [2.75, 3.05) is 14.2 Å². The van der Waals surface area contributed by atoms with Crippen LogP contribution in [0.1, 0.15) is 26.7 Å². The minimum Gasteiger partial charge on any atom is -0.374 e. The van der Waals surface area contributed by atoms with E-state index in [9.17, 15) is 4.79 Å². The van der Waals surface area contributed by atoms with Crippen LogP contribution in [-0.4, -0.2) is 32.2 Å². The third kappa shape index (κ3) is 2.91. The topological polar surface area (TPSA) is 35.5 Å². The zero-order valence-electron chi connectivity index (χ0n) is 8.29. The fourth-order valence-electron chi connectivity index (χ4n) is 1.18. The highest BCUT2D eigenvalue weighted by atomic mass is 16.5. The van der Waals surface area contributed by atoms with E-state index in [1.165, 1.54) is 0 Å². The van der Waals surface area contributed by atoms with E-state index in [0.717, 1.165) is 0 Å². The second-order valence-corrected chi connectivity index (χ2v) is 2.67. The van der Waals surface area contributed by atoms with Crippen molar-refractivity contribution in [1.82, 2.24) is 0 Å². The highest BCUT2D eigenvalue weighted by molar-refractivity contribution is 5.87. The molecule has 0 fully saturated rings. The predicted octanol–water partition coefficient (Wildman–Crippen LogP) is 1.41. The van der Waals surface area contributed by atoms with Gasteiger partial charge >= 0.3 is 0 Å². The van der Waals surface area contributed by atoms with Crippen molar-refractivity contribution in [3.8, 4) is 0 Å². The molecule has 0 rings (SSSR count). The van der Waals surface area contributed by atoms with Gasteiger partial charge in [0.15, 0.2) is 5.78 Å². The molecule has 0 aromatic rings. The molecule has 0 spiro atoms. The van der Waals surface area contributed by atoms with E-state index < -0.39 is 0 Å². The molecule has 0 saturated heterocycles. The number of carbonyl (C=O) groups is 1. The van der Waals surface area contributed by atoms with E-state index in [-0.39, 0.29) is 18.0 Å². The van der Waals surface area contributed by atoms with Gasteiger partial charge in [0.1, 0.15) is 12.2 Å². The Morgan fingerprint density at radius 3 is 1.58 bits per heavy atom. The number of ether oxygens (including phenoxy) is 2. The Morgan fingerprint density at radius 2 is 1.42 bits per heavy atom. The molecule has 0 aliphatic carbocycles. The molecule has 0 aliphatic heterocycles. The lowest BCUT2D eigenvalue weighted by atomic mass is 10.1. The van der Waals surface area contributed by atoms with Crippen molar-refractivity contribution in [2.45, 2.75) is 38.9 Å². The Morgan fingerprint density at radius 1 is 1.08 bits per heavy atom. The summed E-state index contributed by atoms with van der Waals surface area (Å²) >= 11 is 0. The number of hydrogen-bond donors (Lipinski definition) is 0. The lowest BCUT2D eigenvalue weighted by molar-refractivity contribution is -0.139. The summed E-state index contributed by atoms with van der Waals surface area (Å²) in [7, 11) is 3.10. The number of rotatable bonds is 6. The van der Waals surface area contributed by atoms with Crippen LogP contribution >= 0.6 is 0 Å². The minimum absolute atomic E-state index is 0.0463. The standard InChI is InChI=1S/C9H18O3/c1-5-7(11-3)9(10)8(6-2)12-4/h7-8H,5-6H2,1-4H3. The van der Waals surface area contributed by atoms with Crippen LogP contribution in [0.15, 0.2) is 0 Å². The van der Waals surface area contributed by atoms with Gasteiger partial charge in [-0.15, -0.1) is 0 Å². The molecule has 0 aromatic carbocycles. The van der Waals surface area contributed by atoms with Crippen LogP contribution in [0.4, 0.5) is 0 Å². The van der Waals surface area contributed by atoms with Crippen LogP contribution in [0.5, 0.6) is 0 Å². The molecule has 2 unspecified atom stereocenters. The van der Waals surface area contributed by atoms with Crippen molar-refractivity contribution in [1.29, 1.82) is 0 Å².